The minimum atomic E-state index is -0.936. The van der Waals surface area contributed by atoms with Gasteiger partial charge in [0.15, 0.2) is 0 Å². The van der Waals surface area contributed by atoms with E-state index in [9.17, 15) is 9.18 Å². The van der Waals surface area contributed by atoms with Crippen LogP contribution in [0.1, 0.15) is 10.4 Å². The second kappa shape index (κ2) is 2.84. The van der Waals surface area contributed by atoms with Crippen LogP contribution in [0.3, 0.4) is 0 Å². The van der Waals surface area contributed by atoms with Crippen LogP contribution in [0.15, 0.2) is 12.3 Å². The van der Waals surface area contributed by atoms with Gasteiger partial charge >= 0.3 is 0 Å². The molecule has 1 heterocycles. The van der Waals surface area contributed by atoms with Crippen LogP contribution in [0.4, 0.5) is 4.39 Å². The second-order valence-corrected chi connectivity index (χ2v) is 2.14. The highest BCUT2D eigenvalue weighted by atomic mass is 35.5. The van der Waals surface area contributed by atoms with Gasteiger partial charge in [-0.1, -0.05) is 0 Å². The molecular weight excluding hydrogens is 173 g/mol. The summed E-state index contributed by atoms with van der Waals surface area (Å²) in [7, 11) is 0. The van der Waals surface area contributed by atoms with Crippen LogP contribution >= 0.6 is 11.6 Å². The Bertz CT molecular complexity index is 303. The summed E-state index contributed by atoms with van der Waals surface area (Å²) in [5.41, 5.74) is -0.327. The Kier molecular flexibility index (Phi) is 2.05. The number of aromatic nitrogens is 1. The van der Waals surface area contributed by atoms with E-state index >= 15 is 0 Å². The molecule has 0 aliphatic rings. The Labute approximate surface area is 66.4 Å². The van der Waals surface area contributed by atoms with E-state index in [1.165, 1.54) is 0 Å². The largest absolute Gasteiger partial charge is 0.493 e. The van der Waals surface area contributed by atoms with E-state index in [-0.39, 0.29) is 5.56 Å². The molecule has 1 aromatic heterocycles. The topological polar surface area (TPSA) is 50.2 Å². The highest BCUT2D eigenvalue weighted by molar-refractivity contribution is 6.68. The Balaban J connectivity index is 3.23. The average molecular weight is 176 g/mol. The number of pyridine rings is 1. The molecule has 11 heavy (non-hydrogen) atoms. The van der Waals surface area contributed by atoms with Crippen molar-refractivity contribution in [1.82, 2.24) is 4.98 Å². The standard InChI is InChI=1S/C6H3ClFNO2/c7-5(10)4-1-3(8)2-9-6(4)11/h1-2H,(H,9,11). The lowest BCUT2D eigenvalue weighted by Crippen LogP contribution is -1.92. The third-order valence-corrected chi connectivity index (χ3v) is 1.25. The molecular formula is C6H3ClFNO2. The van der Waals surface area contributed by atoms with Crippen LogP contribution in [0.25, 0.3) is 0 Å². The SMILES string of the molecule is O=C(Cl)c1cc(F)cnc1O. The minimum absolute atomic E-state index is 0.327. The van der Waals surface area contributed by atoms with E-state index in [2.05, 4.69) is 4.98 Å². The zero-order chi connectivity index (χ0) is 8.43. The van der Waals surface area contributed by atoms with Crippen molar-refractivity contribution in [3.63, 3.8) is 0 Å². The van der Waals surface area contributed by atoms with Crippen LogP contribution in [-0.2, 0) is 0 Å². The molecule has 0 bridgehead atoms. The number of carbonyl (C=O) groups excluding carboxylic acids is 1. The first kappa shape index (κ1) is 7.94. The van der Waals surface area contributed by atoms with Crippen molar-refractivity contribution < 1.29 is 14.3 Å². The molecule has 0 saturated heterocycles. The van der Waals surface area contributed by atoms with Gasteiger partial charge in [0.25, 0.3) is 5.24 Å². The summed E-state index contributed by atoms with van der Waals surface area (Å²) >= 11 is 4.97. The van der Waals surface area contributed by atoms with E-state index in [1.54, 1.807) is 0 Å². The Morgan fingerprint density at radius 2 is 2.36 bits per heavy atom. The fourth-order valence-corrected chi connectivity index (χ4v) is 0.716. The van der Waals surface area contributed by atoms with Crippen LogP contribution in [0, 0.1) is 5.82 Å². The summed E-state index contributed by atoms with van der Waals surface area (Å²) in [6.07, 6.45) is 0.790. The monoisotopic (exact) mass is 175 g/mol. The summed E-state index contributed by atoms with van der Waals surface area (Å²) in [6, 6.07) is 0.817. The molecule has 0 radical (unpaired) electrons. The van der Waals surface area contributed by atoms with Gasteiger partial charge in [-0.05, 0) is 17.7 Å². The molecule has 0 amide bonds. The normalized spacial score (nSPS) is 9.64. The maximum atomic E-state index is 12.3. The van der Waals surface area contributed by atoms with Crippen molar-refractivity contribution in [3.05, 3.63) is 23.6 Å². The number of nitrogens with zero attached hydrogens (tertiary/aromatic N) is 1. The number of rotatable bonds is 1. The molecule has 0 aliphatic heterocycles. The molecule has 5 heteroatoms. The smallest absolute Gasteiger partial charge is 0.257 e. The Morgan fingerprint density at radius 3 is 2.82 bits per heavy atom. The summed E-state index contributed by atoms with van der Waals surface area (Å²) < 4.78 is 12.3. The molecule has 1 aromatic rings. The molecule has 0 saturated carbocycles. The van der Waals surface area contributed by atoms with Gasteiger partial charge in [0.1, 0.15) is 5.82 Å². The van der Waals surface area contributed by atoms with E-state index in [0.717, 1.165) is 12.3 Å². The zero-order valence-corrected chi connectivity index (χ0v) is 5.97. The highest BCUT2D eigenvalue weighted by Gasteiger charge is 2.09. The summed E-state index contributed by atoms with van der Waals surface area (Å²) in [5, 5.41) is 7.89. The van der Waals surface area contributed by atoms with Crippen molar-refractivity contribution in [2.75, 3.05) is 0 Å². The van der Waals surface area contributed by atoms with Crippen molar-refractivity contribution >= 4 is 16.8 Å². The van der Waals surface area contributed by atoms with Crippen molar-refractivity contribution in [2.24, 2.45) is 0 Å². The first-order valence-electron chi connectivity index (χ1n) is 2.65. The maximum Gasteiger partial charge on any atom is 0.257 e. The maximum absolute atomic E-state index is 12.3. The van der Waals surface area contributed by atoms with Crippen LogP contribution < -0.4 is 0 Å². The lowest BCUT2D eigenvalue weighted by atomic mass is 10.3. The number of hydrogen-bond donors (Lipinski definition) is 1. The molecule has 0 fully saturated rings. The van der Waals surface area contributed by atoms with Gasteiger partial charge in [0, 0.05) is 0 Å². The average Bonchev–Trinajstić information content (AvgIpc) is 1.94. The van der Waals surface area contributed by atoms with Gasteiger partial charge in [-0.15, -0.1) is 0 Å². The first-order valence-corrected chi connectivity index (χ1v) is 3.03. The van der Waals surface area contributed by atoms with Gasteiger partial charge < -0.3 is 5.11 Å². The summed E-state index contributed by atoms with van der Waals surface area (Å²) in [5.74, 6) is -1.28. The van der Waals surface area contributed by atoms with Gasteiger partial charge in [0.2, 0.25) is 5.88 Å². The zero-order valence-electron chi connectivity index (χ0n) is 5.21. The summed E-state index contributed by atoms with van der Waals surface area (Å²) in [6.45, 7) is 0. The second-order valence-electron chi connectivity index (χ2n) is 1.80. The van der Waals surface area contributed by atoms with E-state index < -0.39 is 16.9 Å². The summed E-state index contributed by atoms with van der Waals surface area (Å²) in [4.78, 5) is 13.6. The van der Waals surface area contributed by atoms with Crippen LogP contribution in [-0.4, -0.2) is 15.3 Å². The third kappa shape index (κ3) is 1.65. The fraction of sp³-hybridized carbons (Fsp3) is 0. The molecule has 3 nitrogen and oxygen atoms in total. The first-order chi connectivity index (χ1) is 5.11. The lowest BCUT2D eigenvalue weighted by Gasteiger charge is -1.95. The van der Waals surface area contributed by atoms with Crippen LogP contribution in [0.5, 0.6) is 5.88 Å². The van der Waals surface area contributed by atoms with Gasteiger partial charge in [-0.2, -0.15) is 0 Å². The number of aromatic hydroxyl groups is 1. The Morgan fingerprint density at radius 1 is 1.73 bits per heavy atom. The molecule has 0 unspecified atom stereocenters. The van der Waals surface area contributed by atoms with Gasteiger partial charge in [0.05, 0.1) is 11.8 Å². The minimum Gasteiger partial charge on any atom is -0.493 e. The van der Waals surface area contributed by atoms with E-state index in [1.807, 2.05) is 0 Å². The van der Waals surface area contributed by atoms with Crippen molar-refractivity contribution in [2.45, 2.75) is 0 Å². The number of carbonyl (C=O) groups is 1. The Hall–Kier alpha value is -1.16. The molecule has 0 aromatic carbocycles. The quantitative estimate of drug-likeness (QED) is 0.655. The van der Waals surface area contributed by atoms with Gasteiger partial charge in [-0.3, -0.25) is 4.79 Å². The predicted octanol–water partition coefficient (Wildman–Crippen LogP) is 1.31. The molecule has 1 rings (SSSR count). The fourth-order valence-electron chi connectivity index (χ4n) is 0.577. The number of hydrogen-bond acceptors (Lipinski definition) is 3. The molecule has 0 aliphatic carbocycles. The van der Waals surface area contributed by atoms with E-state index in [4.69, 9.17) is 16.7 Å². The van der Waals surface area contributed by atoms with Gasteiger partial charge in [-0.25, -0.2) is 9.37 Å². The third-order valence-electron chi connectivity index (χ3n) is 1.05. The van der Waals surface area contributed by atoms with Crippen molar-refractivity contribution in [1.29, 1.82) is 0 Å². The molecule has 0 spiro atoms. The van der Waals surface area contributed by atoms with E-state index in [0.29, 0.717) is 0 Å². The predicted molar refractivity (Wildman–Crippen MR) is 36.0 cm³/mol. The van der Waals surface area contributed by atoms with Crippen molar-refractivity contribution in [3.8, 4) is 5.88 Å². The van der Waals surface area contributed by atoms with Crippen LogP contribution in [0.2, 0.25) is 0 Å². The lowest BCUT2D eigenvalue weighted by molar-refractivity contribution is 0.107. The highest BCUT2D eigenvalue weighted by Crippen LogP contribution is 2.15. The molecule has 0 atom stereocenters. The molecule has 58 valence electrons. The molecule has 1 N–H and O–H groups in total. The number of halogens is 2.